The van der Waals surface area contributed by atoms with E-state index >= 15 is 0 Å². The number of carbonyl (C=O) groups excluding carboxylic acids is 2. The van der Waals surface area contributed by atoms with Gasteiger partial charge in [0.25, 0.3) is 5.91 Å². The Balaban J connectivity index is 1.79. The molecule has 0 saturated carbocycles. The van der Waals surface area contributed by atoms with Crippen LogP contribution in [0.4, 0.5) is 4.39 Å². The van der Waals surface area contributed by atoms with E-state index in [2.05, 4.69) is 10.1 Å². The first kappa shape index (κ1) is 16.8. The maximum atomic E-state index is 13.0. The number of hydrogen-bond acceptors (Lipinski definition) is 6. The Bertz CT molecular complexity index is 920. The van der Waals surface area contributed by atoms with Gasteiger partial charge in [-0.05, 0) is 12.1 Å². The number of nitrogens with two attached hydrogens (primary N) is 1. The molecule has 0 aliphatic heterocycles. The number of rotatable bonds is 5. The van der Waals surface area contributed by atoms with E-state index in [0.29, 0.717) is 5.01 Å². The highest BCUT2D eigenvalue weighted by molar-refractivity contribution is 7.13. The van der Waals surface area contributed by atoms with Crippen molar-refractivity contribution in [3.63, 3.8) is 0 Å². The number of thiazole rings is 1. The van der Waals surface area contributed by atoms with Crippen LogP contribution in [0.25, 0.3) is 10.6 Å². The van der Waals surface area contributed by atoms with Crippen molar-refractivity contribution in [3.8, 4) is 10.6 Å². The molecule has 1 atom stereocenters. The minimum atomic E-state index is -1.32. The van der Waals surface area contributed by atoms with Crippen molar-refractivity contribution >= 4 is 23.2 Å². The third kappa shape index (κ3) is 3.72. The van der Waals surface area contributed by atoms with Crippen LogP contribution >= 0.6 is 11.3 Å². The maximum Gasteiger partial charge on any atom is 0.358 e. The van der Waals surface area contributed by atoms with Gasteiger partial charge in [0, 0.05) is 29.8 Å². The number of aryl methyl sites for hydroxylation is 1. The van der Waals surface area contributed by atoms with Crippen LogP contribution in [0, 0.1) is 5.82 Å². The minimum Gasteiger partial charge on any atom is -0.443 e. The van der Waals surface area contributed by atoms with E-state index in [1.165, 1.54) is 28.8 Å². The summed E-state index contributed by atoms with van der Waals surface area (Å²) in [6.45, 7) is 0. The molecule has 1 amide bonds. The summed E-state index contributed by atoms with van der Waals surface area (Å²) in [5, 5.41) is 6.16. The molecule has 7 nitrogen and oxygen atoms in total. The highest BCUT2D eigenvalue weighted by Crippen LogP contribution is 2.25. The third-order valence-corrected chi connectivity index (χ3v) is 4.21. The van der Waals surface area contributed by atoms with Gasteiger partial charge in [-0.1, -0.05) is 12.1 Å². The number of halogens is 1. The van der Waals surface area contributed by atoms with E-state index in [1.54, 1.807) is 24.1 Å². The van der Waals surface area contributed by atoms with Crippen molar-refractivity contribution in [2.45, 2.75) is 6.10 Å². The number of hydrogen-bond donors (Lipinski definition) is 1. The number of benzene rings is 1. The van der Waals surface area contributed by atoms with Gasteiger partial charge in [-0.2, -0.15) is 5.10 Å². The van der Waals surface area contributed by atoms with Crippen LogP contribution in [0.5, 0.6) is 0 Å². The van der Waals surface area contributed by atoms with E-state index in [9.17, 15) is 14.0 Å². The molecule has 128 valence electrons. The molecule has 2 heterocycles. The van der Waals surface area contributed by atoms with Gasteiger partial charge < -0.3 is 10.5 Å². The molecule has 0 aliphatic carbocycles. The quantitative estimate of drug-likeness (QED) is 0.702. The van der Waals surface area contributed by atoms with E-state index in [0.717, 1.165) is 17.7 Å². The fraction of sp³-hybridized carbons (Fsp3) is 0.125. The monoisotopic (exact) mass is 360 g/mol. The number of esters is 1. The smallest absolute Gasteiger partial charge is 0.358 e. The summed E-state index contributed by atoms with van der Waals surface area (Å²) >= 11 is 1.25. The van der Waals surface area contributed by atoms with Crippen LogP contribution in [0.1, 0.15) is 22.2 Å². The van der Waals surface area contributed by atoms with Crippen molar-refractivity contribution in [1.29, 1.82) is 0 Å². The molecule has 9 heteroatoms. The summed E-state index contributed by atoms with van der Waals surface area (Å²) in [5.41, 5.74) is 6.39. The maximum absolute atomic E-state index is 13.0. The summed E-state index contributed by atoms with van der Waals surface area (Å²) in [6, 6.07) is 4.98. The number of aromatic nitrogens is 3. The molecule has 0 aliphatic rings. The summed E-state index contributed by atoms with van der Waals surface area (Å²) in [7, 11) is 1.77. The summed E-state index contributed by atoms with van der Waals surface area (Å²) in [4.78, 5) is 28.1. The fourth-order valence-electron chi connectivity index (χ4n) is 2.13. The largest absolute Gasteiger partial charge is 0.443 e. The molecule has 0 saturated heterocycles. The molecule has 0 bridgehead atoms. The van der Waals surface area contributed by atoms with Gasteiger partial charge in [0.1, 0.15) is 10.8 Å². The zero-order chi connectivity index (χ0) is 18.0. The summed E-state index contributed by atoms with van der Waals surface area (Å²) in [6.07, 6.45) is 2.06. The van der Waals surface area contributed by atoms with Crippen molar-refractivity contribution in [2.75, 3.05) is 0 Å². The number of nitrogens with zero attached hydrogens (tertiary/aromatic N) is 3. The molecule has 0 spiro atoms. The molecular weight excluding hydrogens is 347 g/mol. The predicted octanol–water partition coefficient (Wildman–Crippen LogP) is 2.07. The van der Waals surface area contributed by atoms with E-state index in [4.69, 9.17) is 10.5 Å². The Labute approximate surface area is 145 Å². The zero-order valence-electron chi connectivity index (χ0n) is 13.0. The van der Waals surface area contributed by atoms with Crippen molar-refractivity contribution < 1.29 is 18.7 Å². The average molecular weight is 360 g/mol. The fourth-order valence-corrected chi connectivity index (χ4v) is 2.89. The first-order valence-electron chi connectivity index (χ1n) is 7.14. The lowest BCUT2D eigenvalue weighted by Gasteiger charge is -2.14. The first-order chi connectivity index (χ1) is 11.9. The normalized spacial score (nSPS) is 11.9. The second-order valence-electron chi connectivity index (χ2n) is 5.18. The highest BCUT2D eigenvalue weighted by atomic mass is 32.1. The number of amides is 1. The highest BCUT2D eigenvalue weighted by Gasteiger charge is 2.25. The lowest BCUT2D eigenvalue weighted by Crippen LogP contribution is -2.26. The molecule has 2 N–H and O–H groups in total. The van der Waals surface area contributed by atoms with Gasteiger partial charge in [-0.15, -0.1) is 11.3 Å². The van der Waals surface area contributed by atoms with E-state index < -0.39 is 23.8 Å². The number of carbonyl (C=O) groups is 2. The van der Waals surface area contributed by atoms with E-state index in [1.807, 2.05) is 0 Å². The second-order valence-corrected chi connectivity index (χ2v) is 6.04. The Morgan fingerprint density at radius 2 is 2.04 bits per heavy atom. The Hall–Kier alpha value is -3.07. The van der Waals surface area contributed by atoms with Crippen LogP contribution in [0.15, 0.2) is 42.0 Å². The molecule has 1 unspecified atom stereocenters. The van der Waals surface area contributed by atoms with Gasteiger partial charge in [0.05, 0.1) is 6.20 Å². The molecule has 2 aromatic heterocycles. The average Bonchev–Trinajstić information content (AvgIpc) is 3.22. The van der Waals surface area contributed by atoms with Gasteiger partial charge >= 0.3 is 5.97 Å². The van der Waals surface area contributed by atoms with Crippen molar-refractivity contribution in [1.82, 2.24) is 14.8 Å². The molecule has 1 aromatic carbocycles. The lowest BCUT2D eigenvalue weighted by molar-refractivity contribution is -0.127. The van der Waals surface area contributed by atoms with Crippen molar-refractivity contribution in [2.24, 2.45) is 12.8 Å². The van der Waals surface area contributed by atoms with E-state index in [-0.39, 0.29) is 11.3 Å². The SMILES string of the molecule is Cn1cc(-c2nc(C(=O)OC(C(N)=O)c3ccc(F)cc3)cs2)cn1. The third-order valence-electron chi connectivity index (χ3n) is 3.32. The minimum absolute atomic E-state index is 0.0530. The molecule has 0 radical (unpaired) electrons. The van der Waals surface area contributed by atoms with Crippen LogP contribution in [0.3, 0.4) is 0 Å². The van der Waals surface area contributed by atoms with Crippen LogP contribution < -0.4 is 5.73 Å². The molecule has 3 aromatic rings. The Morgan fingerprint density at radius 3 is 2.64 bits per heavy atom. The van der Waals surface area contributed by atoms with Gasteiger partial charge in [0.15, 0.2) is 5.69 Å². The Morgan fingerprint density at radius 1 is 1.32 bits per heavy atom. The van der Waals surface area contributed by atoms with Gasteiger partial charge in [-0.3, -0.25) is 9.48 Å². The van der Waals surface area contributed by atoms with Crippen LogP contribution in [0.2, 0.25) is 0 Å². The van der Waals surface area contributed by atoms with Crippen LogP contribution in [-0.4, -0.2) is 26.6 Å². The molecule has 3 rings (SSSR count). The predicted molar refractivity (Wildman–Crippen MR) is 88.1 cm³/mol. The summed E-state index contributed by atoms with van der Waals surface area (Å²) < 4.78 is 19.8. The molecule has 25 heavy (non-hydrogen) atoms. The summed E-state index contributed by atoms with van der Waals surface area (Å²) in [5.74, 6) is -2.12. The number of ether oxygens (including phenoxy) is 1. The second kappa shape index (κ2) is 6.81. The number of primary amides is 1. The van der Waals surface area contributed by atoms with Gasteiger partial charge in [-0.25, -0.2) is 14.2 Å². The van der Waals surface area contributed by atoms with Crippen LogP contribution in [-0.2, 0) is 16.6 Å². The zero-order valence-corrected chi connectivity index (χ0v) is 13.9. The van der Waals surface area contributed by atoms with Gasteiger partial charge in [0.2, 0.25) is 6.10 Å². The first-order valence-corrected chi connectivity index (χ1v) is 8.02. The molecular formula is C16H13FN4O3S. The topological polar surface area (TPSA) is 100 Å². The Kier molecular flexibility index (Phi) is 4.57. The standard InChI is InChI=1S/C16H13FN4O3S/c1-21-7-10(6-19-21)15-20-12(8-25-15)16(23)24-13(14(18)22)9-2-4-11(17)5-3-9/h2-8,13H,1H3,(H2,18,22). The van der Waals surface area contributed by atoms with Crippen molar-refractivity contribution in [3.05, 3.63) is 59.1 Å². The molecule has 0 fully saturated rings. The lowest BCUT2D eigenvalue weighted by atomic mass is 10.1.